The van der Waals surface area contributed by atoms with Gasteiger partial charge in [0.2, 0.25) is 0 Å². The Morgan fingerprint density at radius 3 is 2.46 bits per heavy atom. The first-order chi connectivity index (χ1) is 6.27. The van der Waals surface area contributed by atoms with Crippen LogP contribution in [-0.4, -0.2) is 7.28 Å². The highest BCUT2D eigenvalue weighted by atomic mass is 14.1. The molecule has 0 fully saturated rings. The average molecular weight is 171 g/mol. The third-order valence-electron chi connectivity index (χ3n) is 2.15. The molecular formula is C12H16B. The largest absolute Gasteiger partial charge is 0.182 e. The molecule has 0 aliphatic carbocycles. The lowest BCUT2D eigenvalue weighted by Gasteiger charge is -2.01. The van der Waals surface area contributed by atoms with Crippen LogP contribution in [0.5, 0.6) is 0 Å². The van der Waals surface area contributed by atoms with Crippen LogP contribution in [0.3, 0.4) is 0 Å². The topological polar surface area (TPSA) is 0 Å². The van der Waals surface area contributed by atoms with Gasteiger partial charge in [0.05, 0.1) is 0 Å². The smallest absolute Gasteiger partial charge is 0.113 e. The highest BCUT2D eigenvalue weighted by molar-refractivity contribution is 6.63. The van der Waals surface area contributed by atoms with E-state index in [1.54, 1.807) is 0 Å². The van der Waals surface area contributed by atoms with Gasteiger partial charge in [-0.1, -0.05) is 48.6 Å². The van der Waals surface area contributed by atoms with E-state index in [9.17, 15) is 0 Å². The second-order valence-electron chi connectivity index (χ2n) is 3.11. The van der Waals surface area contributed by atoms with Gasteiger partial charge in [-0.15, -0.1) is 5.98 Å². The van der Waals surface area contributed by atoms with E-state index in [0.29, 0.717) is 0 Å². The lowest BCUT2D eigenvalue weighted by atomic mass is 9.73. The Morgan fingerprint density at radius 1 is 1.08 bits per heavy atom. The minimum atomic E-state index is 1.34. The summed E-state index contributed by atoms with van der Waals surface area (Å²) in [7, 11) is 2.17. The highest BCUT2D eigenvalue weighted by Gasteiger charge is 2.09. The van der Waals surface area contributed by atoms with Gasteiger partial charge in [-0.05, 0) is 19.4 Å². The van der Waals surface area contributed by atoms with Crippen molar-refractivity contribution in [2.24, 2.45) is 0 Å². The summed E-state index contributed by atoms with van der Waals surface area (Å²) in [6.45, 7) is 8.29. The second kappa shape index (κ2) is 4.31. The number of hydrogen-bond acceptors (Lipinski definition) is 0. The van der Waals surface area contributed by atoms with E-state index in [1.807, 2.05) is 13.8 Å². The summed E-state index contributed by atoms with van der Waals surface area (Å²) >= 11 is 0. The third-order valence-corrected chi connectivity index (χ3v) is 2.15. The molecule has 1 aromatic rings. The molecule has 1 aliphatic heterocycles. The van der Waals surface area contributed by atoms with Gasteiger partial charge in [-0.2, -0.15) is 0 Å². The number of fused-ring (bicyclic) bond motifs is 1. The van der Waals surface area contributed by atoms with E-state index >= 15 is 0 Å². The van der Waals surface area contributed by atoms with Gasteiger partial charge < -0.3 is 0 Å². The molecule has 13 heavy (non-hydrogen) atoms. The lowest BCUT2D eigenvalue weighted by molar-refractivity contribution is 1.46. The molecule has 0 spiro atoms. The Kier molecular flexibility index (Phi) is 3.35. The van der Waals surface area contributed by atoms with E-state index in [-0.39, 0.29) is 0 Å². The van der Waals surface area contributed by atoms with Gasteiger partial charge in [-0.25, -0.2) is 0 Å². The Bertz CT molecular complexity index is 324. The van der Waals surface area contributed by atoms with Crippen LogP contribution in [0.1, 0.15) is 31.9 Å². The molecule has 0 nitrogen and oxygen atoms in total. The van der Waals surface area contributed by atoms with E-state index < -0.39 is 0 Å². The molecule has 2 rings (SSSR count). The zero-order valence-electron chi connectivity index (χ0n) is 8.89. The van der Waals surface area contributed by atoms with E-state index in [0.717, 1.165) is 0 Å². The first-order valence-electron chi connectivity index (χ1n) is 4.90. The summed E-state index contributed by atoms with van der Waals surface area (Å²) < 4.78 is 0. The summed E-state index contributed by atoms with van der Waals surface area (Å²) in [5.41, 5.74) is 5.47. The molecule has 0 amide bonds. The number of allylic oxidation sites excluding steroid dienone is 1. The zero-order chi connectivity index (χ0) is 9.84. The van der Waals surface area contributed by atoms with Crippen molar-refractivity contribution in [3.05, 3.63) is 35.3 Å². The van der Waals surface area contributed by atoms with Crippen molar-refractivity contribution >= 4 is 18.3 Å². The molecule has 0 saturated carbocycles. The maximum Gasteiger partial charge on any atom is 0.182 e. The molecule has 1 heterocycles. The third kappa shape index (κ3) is 2.03. The highest BCUT2D eigenvalue weighted by Crippen LogP contribution is 2.16. The summed E-state index contributed by atoms with van der Waals surface area (Å²) in [6.07, 6.45) is 0. The van der Waals surface area contributed by atoms with Crippen LogP contribution >= 0.6 is 0 Å². The fraction of sp³-hybridized carbons (Fsp3) is 0.333. The predicted octanol–water partition coefficient (Wildman–Crippen LogP) is 2.73. The molecular weight excluding hydrogens is 155 g/mol. The van der Waals surface area contributed by atoms with E-state index in [4.69, 9.17) is 0 Å². The molecule has 1 radical (unpaired) electrons. The van der Waals surface area contributed by atoms with Crippen molar-refractivity contribution in [1.29, 1.82) is 0 Å². The van der Waals surface area contributed by atoms with Gasteiger partial charge in [0.25, 0.3) is 0 Å². The van der Waals surface area contributed by atoms with Crippen molar-refractivity contribution < 1.29 is 0 Å². The quantitative estimate of drug-likeness (QED) is 0.526. The minimum Gasteiger partial charge on any atom is -0.113 e. The SMILES string of the molecule is CC.CC1=C[B]c2ccc(C)cc21. The number of benzene rings is 1. The maximum atomic E-state index is 2.24. The normalized spacial score (nSPS) is 12.2. The van der Waals surface area contributed by atoms with Crippen LogP contribution in [0, 0.1) is 6.92 Å². The van der Waals surface area contributed by atoms with Gasteiger partial charge in [0.15, 0.2) is 7.28 Å². The Hall–Kier alpha value is -0.975. The van der Waals surface area contributed by atoms with Gasteiger partial charge in [0.1, 0.15) is 0 Å². The van der Waals surface area contributed by atoms with Gasteiger partial charge >= 0.3 is 0 Å². The first-order valence-corrected chi connectivity index (χ1v) is 4.90. The Morgan fingerprint density at radius 2 is 1.77 bits per heavy atom. The maximum absolute atomic E-state index is 2.24. The van der Waals surface area contributed by atoms with Crippen molar-refractivity contribution in [3.63, 3.8) is 0 Å². The molecule has 0 saturated heterocycles. The molecule has 0 aromatic heterocycles. The standard InChI is InChI=1S/C10H10B.C2H6/c1-7-3-4-10-9(5-7)8(2)6-11-10;1-2/h3-6H,1-2H3;1-2H3. The molecule has 0 unspecified atom stereocenters. The molecule has 1 heteroatoms. The van der Waals surface area contributed by atoms with Crippen LogP contribution in [0.2, 0.25) is 0 Å². The Balaban J connectivity index is 0.000000396. The molecule has 0 N–H and O–H groups in total. The fourth-order valence-electron chi connectivity index (χ4n) is 1.46. The monoisotopic (exact) mass is 171 g/mol. The van der Waals surface area contributed by atoms with Crippen molar-refractivity contribution in [2.75, 3.05) is 0 Å². The molecule has 0 atom stereocenters. The summed E-state index contributed by atoms with van der Waals surface area (Å²) in [5.74, 6) is 2.17. The fourth-order valence-corrected chi connectivity index (χ4v) is 1.46. The Labute approximate surface area is 81.9 Å². The lowest BCUT2D eigenvalue weighted by Crippen LogP contribution is -2.10. The zero-order valence-corrected chi connectivity index (χ0v) is 8.89. The van der Waals surface area contributed by atoms with Crippen LogP contribution in [0.4, 0.5) is 0 Å². The number of rotatable bonds is 0. The van der Waals surface area contributed by atoms with E-state index in [1.165, 1.54) is 22.2 Å². The molecule has 1 aromatic carbocycles. The summed E-state index contributed by atoms with van der Waals surface area (Å²) in [5, 5.41) is 0. The predicted molar refractivity (Wildman–Crippen MR) is 61.6 cm³/mol. The molecule has 1 aliphatic rings. The van der Waals surface area contributed by atoms with Gasteiger partial charge in [0, 0.05) is 0 Å². The van der Waals surface area contributed by atoms with Crippen molar-refractivity contribution in [1.82, 2.24) is 0 Å². The molecule has 0 bridgehead atoms. The number of hydrogen-bond donors (Lipinski definition) is 0. The van der Waals surface area contributed by atoms with Crippen LogP contribution in [-0.2, 0) is 0 Å². The summed E-state index contributed by atoms with van der Waals surface area (Å²) in [6, 6.07) is 6.57. The number of aryl methyl sites for hydroxylation is 1. The van der Waals surface area contributed by atoms with E-state index in [2.05, 4.69) is 45.3 Å². The first kappa shape index (κ1) is 10.1. The van der Waals surface area contributed by atoms with Gasteiger partial charge in [-0.3, -0.25) is 0 Å². The van der Waals surface area contributed by atoms with Crippen molar-refractivity contribution in [2.45, 2.75) is 27.7 Å². The van der Waals surface area contributed by atoms with Crippen LogP contribution in [0.25, 0.3) is 5.57 Å². The van der Waals surface area contributed by atoms with Crippen molar-refractivity contribution in [3.8, 4) is 0 Å². The summed E-state index contributed by atoms with van der Waals surface area (Å²) in [4.78, 5) is 0. The molecule has 67 valence electrons. The van der Waals surface area contributed by atoms with Crippen LogP contribution in [0.15, 0.2) is 24.2 Å². The average Bonchev–Trinajstić information content (AvgIpc) is 2.52. The second-order valence-corrected chi connectivity index (χ2v) is 3.11. The van der Waals surface area contributed by atoms with Crippen LogP contribution < -0.4 is 5.46 Å². The minimum absolute atomic E-state index is 1.34.